The number of carbonyl (C=O) groups excluding carboxylic acids is 2. The molecule has 1 heterocycles. The summed E-state index contributed by atoms with van der Waals surface area (Å²) in [5, 5.41) is 2.90. The number of nitrogens with one attached hydrogen (secondary N) is 1. The lowest BCUT2D eigenvalue weighted by Crippen LogP contribution is -2.29. The van der Waals surface area contributed by atoms with Gasteiger partial charge >= 0.3 is 0 Å². The molecule has 0 radical (unpaired) electrons. The Kier molecular flexibility index (Phi) is 5.79. The number of amides is 2. The predicted octanol–water partition coefficient (Wildman–Crippen LogP) is 3.43. The Morgan fingerprint density at radius 2 is 2.14 bits per heavy atom. The molecule has 1 unspecified atom stereocenters. The van der Waals surface area contributed by atoms with Gasteiger partial charge in [-0.05, 0) is 34.5 Å². The van der Waals surface area contributed by atoms with Crippen molar-refractivity contribution in [2.24, 2.45) is 5.92 Å². The van der Waals surface area contributed by atoms with Gasteiger partial charge in [0.15, 0.2) is 0 Å². The van der Waals surface area contributed by atoms with Gasteiger partial charge in [-0.2, -0.15) is 0 Å². The number of carbonyl (C=O) groups is 2. The lowest BCUT2D eigenvalue weighted by atomic mass is 10.1. The van der Waals surface area contributed by atoms with Crippen molar-refractivity contribution in [3.8, 4) is 0 Å². The molecular weight excluding hydrogens is 332 g/mol. The predicted molar refractivity (Wildman–Crippen MR) is 87.0 cm³/mol. The second kappa shape index (κ2) is 7.59. The average molecular weight is 353 g/mol. The van der Waals surface area contributed by atoms with Gasteiger partial charge in [0, 0.05) is 24.0 Å². The first-order chi connectivity index (χ1) is 10.1. The van der Waals surface area contributed by atoms with Gasteiger partial charge in [-0.3, -0.25) is 9.59 Å². The first kappa shape index (κ1) is 16.0. The Morgan fingerprint density at radius 3 is 2.86 bits per heavy atom. The van der Waals surface area contributed by atoms with Gasteiger partial charge in [0.1, 0.15) is 0 Å². The zero-order valence-electron chi connectivity index (χ0n) is 12.3. The van der Waals surface area contributed by atoms with Crippen molar-refractivity contribution < 1.29 is 9.59 Å². The number of para-hydroxylation sites is 1. The van der Waals surface area contributed by atoms with Crippen LogP contribution in [0.3, 0.4) is 0 Å². The van der Waals surface area contributed by atoms with Gasteiger partial charge in [0.2, 0.25) is 11.8 Å². The molecule has 2 rings (SSSR count). The number of likely N-dealkylation sites (tertiary alicyclic amines) is 1. The fourth-order valence-electron chi connectivity index (χ4n) is 2.51. The van der Waals surface area contributed by atoms with Crippen LogP contribution in [-0.4, -0.2) is 29.8 Å². The number of benzene rings is 1. The Hall–Kier alpha value is -1.36. The highest BCUT2D eigenvalue weighted by Crippen LogP contribution is 2.24. The van der Waals surface area contributed by atoms with Gasteiger partial charge < -0.3 is 10.2 Å². The van der Waals surface area contributed by atoms with Gasteiger partial charge in [-0.15, -0.1) is 0 Å². The van der Waals surface area contributed by atoms with E-state index in [-0.39, 0.29) is 17.7 Å². The summed E-state index contributed by atoms with van der Waals surface area (Å²) in [6, 6.07) is 7.50. The molecule has 2 amide bonds. The summed E-state index contributed by atoms with van der Waals surface area (Å²) in [7, 11) is 0. The average Bonchev–Trinajstić information content (AvgIpc) is 2.83. The van der Waals surface area contributed by atoms with E-state index < -0.39 is 0 Å². The summed E-state index contributed by atoms with van der Waals surface area (Å²) in [5.41, 5.74) is 0.749. The van der Waals surface area contributed by atoms with Crippen molar-refractivity contribution in [2.75, 3.05) is 18.4 Å². The summed E-state index contributed by atoms with van der Waals surface area (Å²) < 4.78 is 0.850. The van der Waals surface area contributed by atoms with E-state index >= 15 is 0 Å². The molecule has 21 heavy (non-hydrogen) atoms. The number of unbranched alkanes of at least 4 members (excludes halogenated alkanes) is 2. The Balaban J connectivity index is 1.89. The Morgan fingerprint density at radius 1 is 1.38 bits per heavy atom. The zero-order valence-corrected chi connectivity index (χ0v) is 13.9. The zero-order chi connectivity index (χ0) is 15.2. The molecule has 0 aliphatic carbocycles. The molecule has 1 aromatic rings. The maximum absolute atomic E-state index is 12.3. The van der Waals surface area contributed by atoms with Crippen molar-refractivity contribution in [1.82, 2.24) is 4.90 Å². The molecule has 114 valence electrons. The molecule has 1 N–H and O–H groups in total. The number of hydrogen-bond acceptors (Lipinski definition) is 2. The molecule has 0 bridgehead atoms. The van der Waals surface area contributed by atoms with E-state index in [1.54, 1.807) is 0 Å². The smallest absolute Gasteiger partial charge is 0.229 e. The molecule has 1 atom stereocenters. The fourth-order valence-corrected chi connectivity index (χ4v) is 2.90. The molecule has 5 heteroatoms. The number of halogens is 1. The van der Waals surface area contributed by atoms with Crippen molar-refractivity contribution in [2.45, 2.75) is 32.6 Å². The van der Waals surface area contributed by atoms with Crippen LogP contribution in [0, 0.1) is 5.92 Å². The third kappa shape index (κ3) is 4.30. The van der Waals surface area contributed by atoms with E-state index in [4.69, 9.17) is 0 Å². The highest BCUT2D eigenvalue weighted by atomic mass is 79.9. The topological polar surface area (TPSA) is 49.4 Å². The number of hydrogen-bond donors (Lipinski definition) is 1. The van der Waals surface area contributed by atoms with Crippen LogP contribution in [0.15, 0.2) is 28.7 Å². The summed E-state index contributed by atoms with van der Waals surface area (Å²) in [5.74, 6) is -0.224. The van der Waals surface area contributed by atoms with Gasteiger partial charge in [0.25, 0.3) is 0 Å². The second-order valence-electron chi connectivity index (χ2n) is 5.42. The quantitative estimate of drug-likeness (QED) is 0.797. The molecule has 0 saturated carbocycles. The van der Waals surface area contributed by atoms with Crippen LogP contribution in [0.2, 0.25) is 0 Å². The van der Waals surface area contributed by atoms with E-state index in [0.29, 0.717) is 13.0 Å². The molecule has 1 fully saturated rings. The summed E-state index contributed by atoms with van der Waals surface area (Å²) in [6.45, 7) is 3.45. The van der Waals surface area contributed by atoms with Crippen LogP contribution in [0.4, 0.5) is 5.69 Å². The number of anilines is 1. The third-order valence-electron chi connectivity index (χ3n) is 3.75. The standard InChI is InChI=1S/C16H21BrN2O2/c1-2-3-6-9-19-11-12(10-15(19)20)16(21)18-14-8-5-4-7-13(14)17/h4-5,7-8,12H,2-3,6,9-11H2,1H3,(H,18,21). The molecule has 0 aromatic heterocycles. The molecular formula is C16H21BrN2O2. The minimum atomic E-state index is -0.244. The maximum atomic E-state index is 12.3. The largest absolute Gasteiger partial charge is 0.342 e. The Labute approximate surface area is 134 Å². The lowest BCUT2D eigenvalue weighted by Gasteiger charge is -2.16. The van der Waals surface area contributed by atoms with Crippen LogP contribution < -0.4 is 5.32 Å². The Bertz CT molecular complexity index is 519. The molecule has 0 spiro atoms. The highest BCUT2D eigenvalue weighted by molar-refractivity contribution is 9.10. The maximum Gasteiger partial charge on any atom is 0.229 e. The van der Waals surface area contributed by atoms with Crippen LogP contribution in [0.5, 0.6) is 0 Å². The normalized spacial score (nSPS) is 18.1. The minimum Gasteiger partial charge on any atom is -0.342 e. The van der Waals surface area contributed by atoms with E-state index in [0.717, 1.165) is 36.0 Å². The lowest BCUT2D eigenvalue weighted by molar-refractivity contribution is -0.128. The van der Waals surface area contributed by atoms with E-state index in [9.17, 15) is 9.59 Å². The van der Waals surface area contributed by atoms with Crippen LogP contribution in [0.25, 0.3) is 0 Å². The van der Waals surface area contributed by atoms with Gasteiger partial charge in [0.05, 0.1) is 11.6 Å². The minimum absolute atomic E-state index is 0.0757. The van der Waals surface area contributed by atoms with E-state index in [1.165, 1.54) is 0 Å². The monoisotopic (exact) mass is 352 g/mol. The first-order valence-corrected chi connectivity index (χ1v) is 8.24. The summed E-state index contributed by atoms with van der Waals surface area (Å²) in [6.07, 6.45) is 3.59. The molecule has 4 nitrogen and oxygen atoms in total. The van der Waals surface area contributed by atoms with Crippen molar-refractivity contribution in [1.29, 1.82) is 0 Å². The van der Waals surface area contributed by atoms with Crippen LogP contribution in [-0.2, 0) is 9.59 Å². The molecule has 1 aliphatic rings. The first-order valence-electron chi connectivity index (χ1n) is 7.45. The number of rotatable bonds is 6. The van der Waals surface area contributed by atoms with Crippen LogP contribution >= 0.6 is 15.9 Å². The van der Waals surface area contributed by atoms with E-state index in [1.807, 2.05) is 29.2 Å². The fraction of sp³-hybridized carbons (Fsp3) is 0.500. The second-order valence-corrected chi connectivity index (χ2v) is 6.27. The third-order valence-corrected chi connectivity index (χ3v) is 4.44. The van der Waals surface area contributed by atoms with E-state index in [2.05, 4.69) is 28.2 Å². The summed E-state index contributed by atoms with van der Waals surface area (Å²) >= 11 is 3.41. The summed E-state index contributed by atoms with van der Waals surface area (Å²) in [4.78, 5) is 26.0. The van der Waals surface area contributed by atoms with Crippen molar-refractivity contribution in [3.05, 3.63) is 28.7 Å². The molecule has 1 saturated heterocycles. The van der Waals surface area contributed by atoms with Crippen molar-refractivity contribution >= 4 is 33.4 Å². The van der Waals surface area contributed by atoms with Crippen LogP contribution in [0.1, 0.15) is 32.6 Å². The van der Waals surface area contributed by atoms with Gasteiger partial charge in [-0.25, -0.2) is 0 Å². The SMILES string of the molecule is CCCCCN1CC(C(=O)Nc2ccccc2Br)CC1=O. The van der Waals surface area contributed by atoms with Crippen molar-refractivity contribution in [3.63, 3.8) is 0 Å². The van der Waals surface area contributed by atoms with Gasteiger partial charge in [-0.1, -0.05) is 31.9 Å². The highest BCUT2D eigenvalue weighted by Gasteiger charge is 2.33. The molecule has 1 aromatic carbocycles. The number of nitrogens with zero attached hydrogens (tertiary/aromatic N) is 1. The molecule has 1 aliphatic heterocycles.